The highest BCUT2D eigenvalue weighted by Gasteiger charge is 2.16. The van der Waals surface area contributed by atoms with E-state index in [1.54, 1.807) is 16.9 Å². The Labute approximate surface area is 161 Å². The third kappa shape index (κ3) is 3.39. The third-order valence-corrected chi connectivity index (χ3v) is 4.66. The van der Waals surface area contributed by atoms with E-state index in [1.807, 2.05) is 37.3 Å². The van der Waals surface area contributed by atoms with Crippen molar-refractivity contribution < 1.29 is 5.11 Å². The van der Waals surface area contributed by atoms with Crippen molar-refractivity contribution in [3.63, 3.8) is 0 Å². The van der Waals surface area contributed by atoms with Crippen LogP contribution in [0.5, 0.6) is 0 Å². The average molecular weight is 383 g/mol. The summed E-state index contributed by atoms with van der Waals surface area (Å²) >= 11 is 6.30. The van der Waals surface area contributed by atoms with Crippen molar-refractivity contribution >= 4 is 39.8 Å². The monoisotopic (exact) mass is 382 g/mol. The summed E-state index contributed by atoms with van der Waals surface area (Å²) in [6.07, 6.45) is 3.46. The Kier molecular flexibility index (Phi) is 4.79. The van der Waals surface area contributed by atoms with Crippen molar-refractivity contribution in [2.75, 3.05) is 23.8 Å². The number of fused-ring (bicyclic) bond motifs is 2. The fourth-order valence-corrected chi connectivity index (χ4v) is 3.29. The number of aromatic nitrogens is 4. The molecule has 0 amide bonds. The summed E-state index contributed by atoms with van der Waals surface area (Å²) in [6, 6.07) is 11.4. The number of para-hydroxylation sites is 1. The summed E-state index contributed by atoms with van der Waals surface area (Å²) in [6.45, 7) is 2.47. The highest BCUT2D eigenvalue weighted by atomic mass is 35.5. The third-order valence-electron chi connectivity index (χ3n) is 4.35. The molecule has 0 saturated heterocycles. The summed E-state index contributed by atoms with van der Waals surface area (Å²) in [5, 5.41) is 21.7. The number of nitrogens with one attached hydrogen (secondary N) is 2. The van der Waals surface area contributed by atoms with E-state index in [0.717, 1.165) is 27.9 Å². The number of anilines is 2. The van der Waals surface area contributed by atoms with Crippen molar-refractivity contribution in [1.29, 1.82) is 0 Å². The quantitative estimate of drug-likeness (QED) is 0.473. The lowest BCUT2D eigenvalue weighted by molar-refractivity contribution is 0.311. The molecule has 7 nitrogen and oxygen atoms in total. The SMILES string of the molecule is C[C@H](Nc1ccnc2ccnn12)c1cc2cccc(Cl)c2nc1NCCO. The fourth-order valence-electron chi connectivity index (χ4n) is 3.07. The molecule has 3 N–H and O–H groups in total. The minimum Gasteiger partial charge on any atom is -0.395 e. The molecule has 0 aliphatic heterocycles. The Balaban J connectivity index is 1.75. The Hall–Kier alpha value is -2.90. The molecule has 4 rings (SSSR count). The second kappa shape index (κ2) is 7.38. The molecular weight excluding hydrogens is 364 g/mol. The Morgan fingerprint density at radius 3 is 2.96 bits per heavy atom. The van der Waals surface area contributed by atoms with E-state index in [0.29, 0.717) is 17.4 Å². The highest BCUT2D eigenvalue weighted by molar-refractivity contribution is 6.35. The van der Waals surface area contributed by atoms with Gasteiger partial charge in [-0.2, -0.15) is 9.61 Å². The van der Waals surface area contributed by atoms with Crippen molar-refractivity contribution in [3.05, 3.63) is 59.4 Å². The van der Waals surface area contributed by atoms with Gasteiger partial charge in [0.25, 0.3) is 0 Å². The summed E-state index contributed by atoms with van der Waals surface area (Å²) in [5.74, 6) is 1.52. The zero-order valence-corrected chi connectivity index (χ0v) is 15.5. The van der Waals surface area contributed by atoms with Crippen LogP contribution in [0.2, 0.25) is 5.02 Å². The van der Waals surface area contributed by atoms with Crippen molar-refractivity contribution in [2.45, 2.75) is 13.0 Å². The van der Waals surface area contributed by atoms with E-state index in [2.05, 4.69) is 26.8 Å². The number of hydrogen-bond donors (Lipinski definition) is 3. The van der Waals surface area contributed by atoms with Crippen molar-refractivity contribution in [3.8, 4) is 0 Å². The van der Waals surface area contributed by atoms with Crippen LogP contribution >= 0.6 is 11.6 Å². The van der Waals surface area contributed by atoms with E-state index in [4.69, 9.17) is 16.6 Å². The van der Waals surface area contributed by atoms with E-state index in [-0.39, 0.29) is 12.6 Å². The van der Waals surface area contributed by atoms with Crippen LogP contribution in [-0.2, 0) is 0 Å². The molecule has 4 aromatic rings. The maximum Gasteiger partial charge on any atom is 0.157 e. The van der Waals surface area contributed by atoms with E-state index in [9.17, 15) is 5.11 Å². The van der Waals surface area contributed by atoms with Crippen molar-refractivity contribution in [1.82, 2.24) is 19.6 Å². The molecule has 8 heteroatoms. The predicted molar refractivity (Wildman–Crippen MR) is 107 cm³/mol. The van der Waals surface area contributed by atoms with Crippen LogP contribution in [0.25, 0.3) is 16.6 Å². The van der Waals surface area contributed by atoms with Crippen LogP contribution in [0, 0.1) is 0 Å². The second-order valence-corrected chi connectivity index (χ2v) is 6.59. The Morgan fingerprint density at radius 1 is 1.22 bits per heavy atom. The lowest BCUT2D eigenvalue weighted by atomic mass is 10.1. The Morgan fingerprint density at radius 2 is 2.11 bits per heavy atom. The summed E-state index contributed by atoms with van der Waals surface area (Å²) in [4.78, 5) is 8.98. The first-order valence-electron chi connectivity index (χ1n) is 8.66. The van der Waals surface area contributed by atoms with Crippen LogP contribution in [0.4, 0.5) is 11.6 Å². The molecular formula is C19H19ClN6O. The van der Waals surface area contributed by atoms with Gasteiger partial charge >= 0.3 is 0 Å². The average Bonchev–Trinajstić information content (AvgIpc) is 3.16. The molecule has 1 aromatic carbocycles. The van der Waals surface area contributed by atoms with Gasteiger partial charge in [0, 0.05) is 29.8 Å². The minimum absolute atomic E-state index is 0.0156. The van der Waals surface area contributed by atoms with Gasteiger partial charge in [0.1, 0.15) is 11.6 Å². The second-order valence-electron chi connectivity index (χ2n) is 6.19. The van der Waals surface area contributed by atoms with Gasteiger partial charge in [-0.3, -0.25) is 0 Å². The van der Waals surface area contributed by atoms with Crippen LogP contribution in [-0.4, -0.2) is 37.8 Å². The lowest BCUT2D eigenvalue weighted by Gasteiger charge is -2.20. The zero-order chi connectivity index (χ0) is 18.8. The summed E-state index contributed by atoms with van der Waals surface area (Å²) in [7, 11) is 0. The van der Waals surface area contributed by atoms with Crippen LogP contribution in [0.1, 0.15) is 18.5 Å². The normalized spacial score (nSPS) is 12.4. The highest BCUT2D eigenvalue weighted by Crippen LogP contribution is 2.31. The first-order valence-corrected chi connectivity index (χ1v) is 9.04. The number of halogens is 1. The van der Waals surface area contributed by atoms with E-state index < -0.39 is 0 Å². The molecule has 3 heterocycles. The molecule has 27 heavy (non-hydrogen) atoms. The topological polar surface area (TPSA) is 87.4 Å². The lowest BCUT2D eigenvalue weighted by Crippen LogP contribution is -2.15. The molecule has 0 bridgehead atoms. The first kappa shape index (κ1) is 17.5. The molecule has 0 spiro atoms. The van der Waals surface area contributed by atoms with Crippen LogP contribution < -0.4 is 10.6 Å². The van der Waals surface area contributed by atoms with Gasteiger partial charge in [-0.1, -0.05) is 23.7 Å². The molecule has 0 fully saturated rings. The number of nitrogens with zero attached hydrogens (tertiary/aromatic N) is 4. The van der Waals surface area contributed by atoms with Gasteiger partial charge in [-0.15, -0.1) is 0 Å². The molecule has 138 valence electrons. The van der Waals surface area contributed by atoms with Gasteiger partial charge in [-0.25, -0.2) is 9.97 Å². The number of hydrogen-bond acceptors (Lipinski definition) is 6. The maximum atomic E-state index is 9.20. The zero-order valence-electron chi connectivity index (χ0n) is 14.7. The number of pyridine rings is 1. The molecule has 3 aromatic heterocycles. The smallest absolute Gasteiger partial charge is 0.157 e. The first-order chi connectivity index (χ1) is 13.2. The number of rotatable bonds is 6. The number of benzene rings is 1. The summed E-state index contributed by atoms with van der Waals surface area (Å²) < 4.78 is 1.75. The summed E-state index contributed by atoms with van der Waals surface area (Å²) in [5.41, 5.74) is 2.47. The predicted octanol–water partition coefficient (Wildman–Crippen LogP) is 3.51. The molecule has 0 aliphatic rings. The van der Waals surface area contributed by atoms with Gasteiger partial charge in [0.15, 0.2) is 5.65 Å². The molecule has 1 atom stereocenters. The van der Waals surface area contributed by atoms with Crippen molar-refractivity contribution in [2.24, 2.45) is 0 Å². The van der Waals surface area contributed by atoms with Crippen LogP contribution in [0.15, 0.2) is 48.8 Å². The van der Waals surface area contributed by atoms with Gasteiger partial charge in [-0.05, 0) is 25.1 Å². The van der Waals surface area contributed by atoms with Gasteiger partial charge in [0.05, 0.1) is 29.4 Å². The molecule has 0 saturated carbocycles. The number of aliphatic hydroxyl groups is 1. The van der Waals surface area contributed by atoms with E-state index >= 15 is 0 Å². The largest absolute Gasteiger partial charge is 0.395 e. The minimum atomic E-state index is -0.0723. The van der Waals surface area contributed by atoms with E-state index in [1.165, 1.54) is 0 Å². The molecule has 0 unspecified atom stereocenters. The maximum absolute atomic E-state index is 9.20. The number of aliphatic hydroxyl groups excluding tert-OH is 1. The molecule has 0 radical (unpaired) electrons. The molecule has 0 aliphatic carbocycles. The Bertz CT molecular complexity index is 1100. The fraction of sp³-hybridized carbons (Fsp3) is 0.211. The standard InChI is InChI=1S/C19H19ClN6O/c1-12(24-17-5-7-21-16-6-8-23-26(16)17)14-11-13-3-2-4-15(20)18(13)25-19(14)22-9-10-27/h2-8,11-12,24,27H,9-10H2,1H3,(H,22,25)/t12-/m0/s1. The van der Waals surface area contributed by atoms with Gasteiger partial charge < -0.3 is 15.7 Å². The van der Waals surface area contributed by atoms with Gasteiger partial charge in [0.2, 0.25) is 0 Å². The van der Waals surface area contributed by atoms with Crippen LogP contribution in [0.3, 0.4) is 0 Å².